The van der Waals surface area contributed by atoms with E-state index in [1.54, 1.807) is 11.3 Å². The molecule has 1 aliphatic rings. The van der Waals surface area contributed by atoms with Crippen molar-refractivity contribution in [1.29, 1.82) is 0 Å². The van der Waals surface area contributed by atoms with Crippen molar-refractivity contribution in [3.8, 4) is 0 Å². The largest absolute Gasteiger partial charge is 0.395 e. The van der Waals surface area contributed by atoms with E-state index in [0.717, 1.165) is 19.5 Å². The Morgan fingerprint density at radius 3 is 3.07 bits per heavy atom. The number of hydrogen-bond donors (Lipinski definition) is 1. The van der Waals surface area contributed by atoms with Crippen LogP contribution >= 0.6 is 11.3 Å². The summed E-state index contributed by atoms with van der Waals surface area (Å²) in [4.78, 5) is 3.66. The molecule has 1 aromatic heterocycles. The highest BCUT2D eigenvalue weighted by atomic mass is 32.1. The molecule has 0 aliphatic carbocycles. The summed E-state index contributed by atoms with van der Waals surface area (Å²) in [7, 11) is 2.14. The molecule has 0 saturated carbocycles. The Balaban J connectivity index is 2.25. The van der Waals surface area contributed by atoms with Gasteiger partial charge in [-0.3, -0.25) is 0 Å². The lowest BCUT2D eigenvalue weighted by molar-refractivity contribution is 0.107. The first-order valence-electron chi connectivity index (χ1n) is 5.10. The number of hydrogen-bond acceptors (Lipinski definition) is 3. The van der Waals surface area contributed by atoms with Crippen LogP contribution in [0.5, 0.6) is 0 Å². The Morgan fingerprint density at radius 2 is 2.50 bits per heavy atom. The van der Waals surface area contributed by atoms with E-state index in [2.05, 4.69) is 29.5 Å². The molecule has 3 heteroatoms. The number of likely N-dealkylation sites (N-methyl/N-ethyl adjacent to an activating group) is 1. The van der Waals surface area contributed by atoms with Crippen LogP contribution in [0.4, 0.5) is 0 Å². The van der Waals surface area contributed by atoms with Gasteiger partial charge in [-0.05, 0) is 37.9 Å². The third-order valence-corrected chi connectivity index (χ3v) is 4.23. The predicted molar refractivity (Wildman–Crippen MR) is 59.8 cm³/mol. The minimum absolute atomic E-state index is 0.0150. The van der Waals surface area contributed by atoms with Gasteiger partial charge < -0.3 is 10.0 Å². The lowest BCUT2D eigenvalue weighted by Crippen LogP contribution is -2.46. The van der Waals surface area contributed by atoms with Crippen molar-refractivity contribution in [2.45, 2.75) is 18.3 Å². The standard InChI is InChI=1S/C11H17NOS/c1-12-6-3-5-11(8-12,9-13)10-4-2-7-14-10/h2,4,7,13H,3,5-6,8-9H2,1H3. The van der Waals surface area contributed by atoms with Gasteiger partial charge in [-0.25, -0.2) is 0 Å². The fourth-order valence-corrected chi connectivity index (χ4v) is 3.29. The molecular formula is C11H17NOS. The molecule has 0 spiro atoms. The molecule has 0 amide bonds. The molecule has 1 N–H and O–H groups in total. The van der Waals surface area contributed by atoms with Gasteiger partial charge in [0.25, 0.3) is 0 Å². The van der Waals surface area contributed by atoms with Gasteiger partial charge in [-0.2, -0.15) is 0 Å². The lowest BCUT2D eigenvalue weighted by atomic mass is 9.79. The molecule has 0 radical (unpaired) electrons. The highest BCUT2D eigenvalue weighted by Crippen LogP contribution is 2.35. The van der Waals surface area contributed by atoms with Gasteiger partial charge in [0, 0.05) is 16.8 Å². The van der Waals surface area contributed by atoms with Crippen molar-refractivity contribution in [2.24, 2.45) is 0 Å². The number of rotatable bonds is 2. The SMILES string of the molecule is CN1CCCC(CO)(c2cccs2)C1. The normalized spacial score (nSPS) is 29.3. The van der Waals surface area contributed by atoms with E-state index in [4.69, 9.17) is 0 Å². The quantitative estimate of drug-likeness (QED) is 0.805. The molecule has 1 fully saturated rings. The lowest BCUT2D eigenvalue weighted by Gasteiger charge is -2.39. The maximum Gasteiger partial charge on any atom is 0.0548 e. The predicted octanol–water partition coefficient (Wildman–Crippen LogP) is 1.70. The van der Waals surface area contributed by atoms with E-state index in [-0.39, 0.29) is 12.0 Å². The highest BCUT2D eigenvalue weighted by Gasteiger charge is 2.36. The molecule has 2 nitrogen and oxygen atoms in total. The monoisotopic (exact) mass is 211 g/mol. The summed E-state index contributed by atoms with van der Waals surface area (Å²) in [5.74, 6) is 0. The van der Waals surface area contributed by atoms with Gasteiger partial charge in [0.05, 0.1) is 6.61 Å². The maximum absolute atomic E-state index is 9.61. The fraction of sp³-hybridized carbons (Fsp3) is 0.636. The molecule has 14 heavy (non-hydrogen) atoms. The summed E-state index contributed by atoms with van der Waals surface area (Å²) in [5.41, 5.74) is 0.0150. The van der Waals surface area contributed by atoms with Gasteiger partial charge in [0.1, 0.15) is 0 Å². The highest BCUT2D eigenvalue weighted by molar-refractivity contribution is 7.10. The number of aliphatic hydroxyl groups is 1. The molecule has 2 heterocycles. The van der Waals surface area contributed by atoms with E-state index in [0.29, 0.717) is 0 Å². The smallest absolute Gasteiger partial charge is 0.0548 e. The van der Waals surface area contributed by atoms with Crippen LogP contribution in [0.1, 0.15) is 17.7 Å². The third kappa shape index (κ3) is 1.72. The zero-order valence-electron chi connectivity index (χ0n) is 8.57. The van der Waals surface area contributed by atoms with Crippen LogP contribution in [-0.4, -0.2) is 36.8 Å². The molecule has 1 unspecified atom stereocenters. The van der Waals surface area contributed by atoms with Gasteiger partial charge in [-0.15, -0.1) is 11.3 Å². The van der Waals surface area contributed by atoms with E-state index in [1.165, 1.54) is 11.3 Å². The number of aliphatic hydroxyl groups excluding tert-OH is 1. The summed E-state index contributed by atoms with van der Waals surface area (Å²) in [5, 5.41) is 11.7. The van der Waals surface area contributed by atoms with Gasteiger partial charge >= 0.3 is 0 Å². The van der Waals surface area contributed by atoms with Crippen LogP contribution < -0.4 is 0 Å². The van der Waals surface area contributed by atoms with Crippen molar-refractivity contribution in [1.82, 2.24) is 4.90 Å². The Morgan fingerprint density at radius 1 is 1.64 bits per heavy atom. The molecule has 1 aliphatic heterocycles. The summed E-state index contributed by atoms with van der Waals surface area (Å²) >= 11 is 1.77. The van der Waals surface area contributed by atoms with Crippen molar-refractivity contribution in [2.75, 3.05) is 26.7 Å². The van der Waals surface area contributed by atoms with Crippen molar-refractivity contribution in [3.63, 3.8) is 0 Å². The van der Waals surface area contributed by atoms with Gasteiger partial charge in [0.15, 0.2) is 0 Å². The van der Waals surface area contributed by atoms with E-state index in [1.807, 2.05) is 0 Å². The zero-order chi connectivity index (χ0) is 10.0. The number of piperidine rings is 1. The summed E-state index contributed by atoms with van der Waals surface area (Å²) in [6.45, 7) is 2.43. The van der Waals surface area contributed by atoms with Crippen LogP contribution in [0.15, 0.2) is 17.5 Å². The maximum atomic E-state index is 9.61. The molecule has 2 rings (SSSR count). The second-order valence-corrected chi connectivity index (χ2v) is 5.20. The third-order valence-electron chi connectivity index (χ3n) is 3.11. The van der Waals surface area contributed by atoms with Gasteiger partial charge in [0.2, 0.25) is 0 Å². The first-order valence-corrected chi connectivity index (χ1v) is 5.98. The second kappa shape index (κ2) is 4.01. The minimum Gasteiger partial charge on any atom is -0.395 e. The Hall–Kier alpha value is -0.380. The summed E-state index contributed by atoms with van der Waals surface area (Å²) in [6.07, 6.45) is 2.31. The first-order chi connectivity index (χ1) is 6.77. The molecule has 1 atom stereocenters. The van der Waals surface area contributed by atoms with E-state index < -0.39 is 0 Å². The van der Waals surface area contributed by atoms with Crippen LogP contribution in [0.2, 0.25) is 0 Å². The Bertz CT molecular complexity index is 285. The number of nitrogens with zero attached hydrogens (tertiary/aromatic N) is 1. The van der Waals surface area contributed by atoms with Crippen molar-refractivity contribution in [3.05, 3.63) is 22.4 Å². The molecule has 78 valence electrons. The first kappa shape index (κ1) is 10.1. The molecule has 0 bridgehead atoms. The Labute approximate surface area is 89.2 Å². The molecule has 1 aromatic rings. The van der Waals surface area contributed by atoms with Crippen LogP contribution in [0.25, 0.3) is 0 Å². The van der Waals surface area contributed by atoms with Crippen molar-refractivity contribution < 1.29 is 5.11 Å². The van der Waals surface area contributed by atoms with Crippen LogP contribution in [0, 0.1) is 0 Å². The summed E-state index contributed by atoms with van der Waals surface area (Å²) < 4.78 is 0. The average Bonchev–Trinajstić information content (AvgIpc) is 2.71. The topological polar surface area (TPSA) is 23.5 Å². The van der Waals surface area contributed by atoms with Crippen LogP contribution in [0.3, 0.4) is 0 Å². The zero-order valence-corrected chi connectivity index (χ0v) is 9.39. The Kier molecular flexibility index (Phi) is 2.91. The average molecular weight is 211 g/mol. The van der Waals surface area contributed by atoms with E-state index >= 15 is 0 Å². The number of likely N-dealkylation sites (tertiary alicyclic amines) is 1. The van der Waals surface area contributed by atoms with Crippen molar-refractivity contribution >= 4 is 11.3 Å². The van der Waals surface area contributed by atoms with Gasteiger partial charge in [-0.1, -0.05) is 6.07 Å². The molecular weight excluding hydrogens is 194 g/mol. The molecule has 0 aromatic carbocycles. The number of thiophene rings is 1. The van der Waals surface area contributed by atoms with Crippen LogP contribution in [-0.2, 0) is 5.41 Å². The van der Waals surface area contributed by atoms with E-state index in [9.17, 15) is 5.11 Å². The second-order valence-electron chi connectivity index (χ2n) is 4.26. The fourth-order valence-electron chi connectivity index (χ4n) is 2.35. The summed E-state index contributed by atoms with van der Waals surface area (Å²) in [6, 6.07) is 4.23. The minimum atomic E-state index is 0.0150. The molecule has 1 saturated heterocycles.